The lowest BCUT2D eigenvalue weighted by Crippen LogP contribution is -2.46. The van der Waals surface area contributed by atoms with Crippen molar-refractivity contribution in [3.63, 3.8) is 0 Å². The predicted molar refractivity (Wildman–Crippen MR) is 60.5 cm³/mol. The molecule has 0 aliphatic carbocycles. The molecule has 1 aliphatic heterocycles. The maximum Gasteiger partial charge on any atom is 0.150 e. The summed E-state index contributed by atoms with van der Waals surface area (Å²) in [6.07, 6.45) is 1.34. The van der Waals surface area contributed by atoms with Gasteiger partial charge in [-0.2, -0.15) is 0 Å². The first-order valence-corrected chi connectivity index (χ1v) is 7.34. The van der Waals surface area contributed by atoms with Gasteiger partial charge in [-0.05, 0) is 18.8 Å². The highest BCUT2D eigenvalue weighted by Crippen LogP contribution is 2.14. The second-order valence-corrected chi connectivity index (χ2v) is 6.93. The molecule has 0 radical (unpaired) electrons. The molecule has 1 saturated heterocycles. The van der Waals surface area contributed by atoms with Crippen LogP contribution < -0.4 is 5.32 Å². The second kappa shape index (κ2) is 5.27. The average molecular weight is 235 g/mol. The van der Waals surface area contributed by atoms with E-state index in [1.54, 1.807) is 0 Å². The minimum Gasteiger partial charge on any atom is -0.395 e. The maximum atomic E-state index is 11.2. The van der Waals surface area contributed by atoms with Crippen LogP contribution in [-0.4, -0.2) is 43.7 Å². The van der Waals surface area contributed by atoms with Crippen LogP contribution in [0.5, 0.6) is 0 Å². The minimum atomic E-state index is -2.78. The Bertz CT molecular complexity index is 273. The molecule has 90 valence electrons. The lowest BCUT2D eigenvalue weighted by Gasteiger charge is -2.29. The van der Waals surface area contributed by atoms with E-state index in [9.17, 15) is 8.42 Å². The lowest BCUT2D eigenvalue weighted by atomic mass is 10.0. The van der Waals surface area contributed by atoms with E-state index in [1.807, 2.05) is 13.8 Å². The van der Waals surface area contributed by atoms with Crippen molar-refractivity contribution in [3.05, 3.63) is 0 Å². The molecule has 15 heavy (non-hydrogen) atoms. The molecule has 0 aromatic rings. The Hall–Kier alpha value is -0.130. The van der Waals surface area contributed by atoms with Crippen molar-refractivity contribution in [1.82, 2.24) is 5.32 Å². The third-order valence-corrected chi connectivity index (χ3v) is 4.72. The van der Waals surface area contributed by atoms with Gasteiger partial charge < -0.3 is 10.4 Å². The van der Waals surface area contributed by atoms with Crippen LogP contribution in [0, 0.1) is 5.92 Å². The molecule has 5 heteroatoms. The topological polar surface area (TPSA) is 66.4 Å². The van der Waals surface area contributed by atoms with Crippen LogP contribution in [0.15, 0.2) is 0 Å². The van der Waals surface area contributed by atoms with Gasteiger partial charge in [-0.25, -0.2) is 8.42 Å². The Morgan fingerprint density at radius 1 is 1.33 bits per heavy atom. The molecule has 0 saturated carbocycles. The minimum absolute atomic E-state index is 0.0794. The number of nitrogens with one attached hydrogen (secondary N) is 1. The molecule has 0 bridgehead atoms. The van der Waals surface area contributed by atoms with Crippen LogP contribution in [-0.2, 0) is 9.84 Å². The molecule has 1 fully saturated rings. The summed E-state index contributed by atoms with van der Waals surface area (Å²) < 4.78 is 22.4. The van der Waals surface area contributed by atoms with Gasteiger partial charge in [0, 0.05) is 12.1 Å². The number of aliphatic hydroxyl groups excluding tert-OH is 1. The third kappa shape index (κ3) is 4.09. The average Bonchev–Trinajstić information content (AvgIpc) is 2.15. The fourth-order valence-electron chi connectivity index (χ4n) is 1.82. The SMILES string of the molecule is CC(C)[C@@H](CO)NC1CCS(=O)(=O)CC1. The number of sulfone groups is 1. The Labute approximate surface area is 92.0 Å². The van der Waals surface area contributed by atoms with E-state index in [1.165, 1.54) is 0 Å². The smallest absolute Gasteiger partial charge is 0.150 e. The number of hydrogen-bond acceptors (Lipinski definition) is 4. The normalized spacial score (nSPS) is 24.3. The zero-order valence-electron chi connectivity index (χ0n) is 9.44. The zero-order chi connectivity index (χ0) is 11.5. The van der Waals surface area contributed by atoms with Gasteiger partial charge >= 0.3 is 0 Å². The summed E-state index contributed by atoms with van der Waals surface area (Å²) in [5, 5.41) is 12.5. The van der Waals surface area contributed by atoms with Crippen LogP contribution >= 0.6 is 0 Å². The molecular weight excluding hydrogens is 214 g/mol. The third-order valence-electron chi connectivity index (χ3n) is 3.01. The van der Waals surface area contributed by atoms with Crippen molar-refractivity contribution in [3.8, 4) is 0 Å². The van der Waals surface area contributed by atoms with Crippen LogP contribution in [0.4, 0.5) is 0 Å². The van der Waals surface area contributed by atoms with Crippen molar-refractivity contribution < 1.29 is 13.5 Å². The van der Waals surface area contributed by atoms with Crippen LogP contribution in [0.2, 0.25) is 0 Å². The van der Waals surface area contributed by atoms with Gasteiger partial charge in [-0.15, -0.1) is 0 Å². The van der Waals surface area contributed by atoms with Crippen molar-refractivity contribution in [2.45, 2.75) is 38.8 Å². The molecule has 1 heterocycles. The highest BCUT2D eigenvalue weighted by molar-refractivity contribution is 7.91. The molecule has 2 N–H and O–H groups in total. The highest BCUT2D eigenvalue weighted by Gasteiger charge is 2.25. The van der Waals surface area contributed by atoms with E-state index in [4.69, 9.17) is 5.11 Å². The Morgan fingerprint density at radius 2 is 1.87 bits per heavy atom. The summed E-state index contributed by atoms with van der Waals surface area (Å²) in [4.78, 5) is 0. The van der Waals surface area contributed by atoms with E-state index >= 15 is 0 Å². The summed E-state index contributed by atoms with van der Waals surface area (Å²) in [5.41, 5.74) is 0. The van der Waals surface area contributed by atoms with Crippen LogP contribution in [0.3, 0.4) is 0 Å². The summed E-state index contributed by atoms with van der Waals surface area (Å²) >= 11 is 0. The molecule has 0 aromatic carbocycles. The van der Waals surface area contributed by atoms with Crippen LogP contribution in [0.1, 0.15) is 26.7 Å². The second-order valence-electron chi connectivity index (χ2n) is 4.63. The molecule has 0 unspecified atom stereocenters. The van der Waals surface area contributed by atoms with Gasteiger partial charge in [0.1, 0.15) is 9.84 Å². The first kappa shape index (κ1) is 12.9. The van der Waals surface area contributed by atoms with Gasteiger partial charge in [0.15, 0.2) is 0 Å². The van der Waals surface area contributed by atoms with Crippen molar-refractivity contribution in [1.29, 1.82) is 0 Å². The van der Waals surface area contributed by atoms with Gasteiger partial charge in [0.25, 0.3) is 0 Å². The van der Waals surface area contributed by atoms with Gasteiger partial charge in [0.05, 0.1) is 18.1 Å². The van der Waals surface area contributed by atoms with Crippen LogP contribution in [0.25, 0.3) is 0 Å². The standard InChI is InChI=1S/C10H21NO3S/c1-8(2)10(7-12)11-9-3-5-15(13,14)6-4-9/h8-12H,3-7H2,1-2H3/t10-/m1/s1. The van der Waals surface area contributed by atoms with E-state index in [2.05, 4.69) is 5.32 Å². The summed E-state index contributed by atoms with van der Waals surface area (Å²) in [7, 11) is -2.78. The van der Waals surface area contributed by atoms with Gasteiger partial charge in [-0.3, -0.25) is 0 Å². The molecule has 0 aromatic heterocycles. The molecule has 1 aliphatic rings. The Balaban J connectivity index is 2.41. The first-order valence-electron chi connectivity index (χ1n) is 5.52. The fraction of sp³-hybridized carbons (Fsp3) is 1.00. The molecule has 1 rings (SSSR count). The monoisotopic (exact) mass is 235 g/mol. The highest BCUT2D eigenvalue weighted by atomic mass is 32.2. The molecule has 1 atom stereocenters. The van der Waals surface area contributed by atoms with Crippen molar-refractivity contribution in [2.24, 2.45) is 5.92 Å². The molecule has 4 nitrogen and oxygen atoms in total. The van der Waals surface area contributed by atoms with E-state index in [0.29, 0.717) is 18.8 Å². The number of hydrogen-bond donors (Lipinski definition) is 2. The predicted octanol–water partition coefficient (Wildman–Crippen LogP) is 0.170. The zero-order valence-corrected chi connectivity index (χ0v) is 10.3. The van der Waals surface area contributed by atoms with Crippen molar-refractivity contribution in [2.75, 3.05) is 18.1 Å². The fourth-order valence-corrected chi connectivity index (χ4v) is 3.31. The van der Waals surface area contributed by atoms with Crippen molar-refractivity contribution >= 4 is 9.84 Å². The molecule has 0 amide bonds. The van der Waals surface area contributed by atoms with E-state index in [0.717, 1.165) is 0 Å². The van der Waals surface area contributed by atoms with Gasteiger partial charge in [-0.1, -0.05) is 13.8 Å². The van der Waals surface area contributed by atoms with Gasteiger partial charge in [0.2, 0.25) is 0 Å². The molecular formula is C10H21NO3S. The largest absolute Gasteiger partial charge is 0.395 e. The summed E-state index contributed by atoms with van der Waals surface area (Å²) in [6.45, 7) is 4.21. The maximum absolute atomic E-state index is 11.2. The molecule has 0 spiro atoms. The Morgan fingerprint density at radius 3 is 2.27 bits per heavy atom. The summed E-state index contributed by atoms with van der Waals surface area (Å²) in [5.74, 6) is 0.926. The first-order chi connectivity index (χ1) is 6.94. The lowest BCUT2D eigenvalue weighted by molar-refractivity contribution is 0.196. The Kier molecular flexibility index (Phi) is 4.55. The number of rotatable bonds is 4. The van der Waals surface area contributed by atoms with E-state index in [-0.39, 0.29) is 30.2 Å². The van der Waals surface area contributed by atoms with E-state index < -0.39 is 9.84 Å². The number of aliphatic hydroxyl groups is 1. The summed E-state index contributed by atoms with van der Waals surface area (Å²) in [6, 6.07) is 0.323. The quantitative estimate of drug-likeness (QED) is 0.729.